The Hall–Kier alpha value is 0.174. The first-order valence-electron chi connectivity index (χ1n) is 7.07. The number of rotatable bonds is 2. The molecular weight excluding hydrogens is 366 g/mol. The molecule has 0 saturated carbocycles. The molecule has 1 fully saturated rings. The molecule has 23 heavy (non-hydrogen) atoms. The topological polar surface area (TPSA) is 23.5 Å². The molecule has 0 amide bonds. The van der Waals surface area contributed by atoms with E-state index in [2.05, 4.69) is 32.6 Å². The van der Waals surface area contributed by atoms with E-state index < -0.39 is 0 Å². The second-order valence-corrected chi connectivity index (χ2v) is 5.74. The Balaban J connectivity index is -0.000000134. The van der Waals surface area contributed by atoms with Gasteiger partial charge in [0, 0.05) is 51.8 Å². The number of hydrogen-bond acceptors (Lipinski definition) is 2. The van der Waals surface area contributed by atoms with Crippen molar-refractivity contribution < 1.29 is 42.2 Å². The zero-order valence-electron chi connectivity index (χ0n) is 13.0. The van der Waals surface area contributed by atoms with Crippen LogP contribution >= 0.6 is 0 Å². The van der Waals surface area contributed by atoms with Gasteiger partial charge in [0.25, 0.3) is 0 Å². The van der Waals surface area contributed by atoms with Gasteiger partial charge in [-0.3, -0.25) is 4.90 Å². The van der Waals surface area contributed by atoms with E-state index in [1.807, 2.05) is 12.1 Å². The van der Waals surface area contributed by atoms with Gasteiger partial charge in [-0.15, -0.1) is 0 Å². The number of benzene rings is 1. The van der Waals surface area contributed by atoms with Crippen molar-refractivity contribution in [3.63, 3.8) is 0 Å². The second kappa shape index (κ2) is 15.7. The quantitative estimate of drug-likeness (QED) is 0.722. The summed E-state index contributed by atoms with van der Waals surface area (Å²) in [6.45, 7) is 10.5. The Morgan fingerprint density at radius 3 is 1.78 bits per heavy atom. The SMILES string of the molecule is C.C.C.CC(C)N1CC[C@H](O)C1.CC(C)c1ccc(F)cc1.[Y]. The van der Waals surface area contributed by atoms with E-state index in [9.17, 15) is 4.39 Å². The fourth-order valence-corrected chi connectivity index (χ4v) is 2.08. The van der Waals surface area contributed by atoms with Gasteiger partial charge in [-0.1, -0.05) is 48.3 Å². The largest absolute Gasteiger partial charge is 0.392 e. The van der Waals surface area contributed by atoms with Crippen LogP contribution in [0.15, 0.2) is 24.3 Å². The molecule has 1 saturated heterocycles. The number of aliphatic hydroxyl groups is 1. The summed E-state index contributed by atoms with van der Waals surface area (Å²) in [5, 5.41) is 9.11. The van der Waals surface area contributed by atoms with Gasteiger partial charge in [-0.2, -0.15) is 0 Å². The zero-order valence-corrected chi connectivity index (χ0v) is 15.9. The van der Waals surface area contributed by atoms with Gasteiger partial charge in [-0.05, 0) is 43.9 Å². The summed E-state index contributed by atoms with van der Waals surface area (Å²) in [7, 11) is 0. The third-order valence-corrected chi connectivity index (χ3v) is 3.46. The Bertz CT molecular complexity index is 368. The molecule has 1 heterocycles. The normalized spacial score (nSPS) is 16.3. The Morgan fingerprint density at radius 2 is 1.52 bits per heavy atom. The molecule has 1 atom stereocenters. The predicted octanol–water partition coefficient (Wildman–Crippen LogP) is 5.32. The first-order chi connectivity index (χ1) is 8.90. The standard InChI is InChI=1S/C9H11F.C7H15NO.3CH4.Y/c1-7(2)8-3-5-9(10)6-4-8;1-6(2)8-4-3-7(9)5-8;;;;/h3-7H,1-2H3;6-7,9H,3-5H2,1-2H3;3*1H4;/t;7-;;;;/m.0..../s1. The molecule has 1 aromatic carbocycles. The van der Waals surface area contributed by atoms with Crippen LogP contribution in [0.25, 0.3) is 0 Å². The molecule has 1 N–H and O–H groups in total. The average molecular weight is 404 g/mol. The van der Waals surface area contributed by atoms with Crippen LogP contribution in [0.5, 0.6) is 0 Å². The van der Waals surface area contributed by atoms with Gasteiger partial charge >= 0.3 is 0 Å². The molecule has 0 unspecified atom stereocenters. The van der Waals surface area contributed by atoms with E-state index in [4.69, 9.17) is 5.11 Å². The van der Waals surface area contributed by atoms with Crippen LogP contribution in [0, 0.1) is 5.82 Å². The zero-order chi connectivity index (χ0) is 14.4. The molecule has 1 aromatic rings. The van der Waals surface area contributed by atoms with Crippen molar-refractivity contribution in [1.82, 2.24) is 4.90 Å². The number of likely N-dealkylation sites (tertiary alicyclic amines) is 1. The summed E-state index contributed by atoms with van der Waals surface area (Å²) in [4.78, 5) is 2.30. The number of nitrogens with zero attached hydrogens (tertiary/aromatic N) is 1. The average Bonchev–Trinajstić information content (AvgIpc) is 2.77. The van der Waals surface area contributed by atoms with Crippen molar-refractivity contribution in [2.24, 2.45) is 0 Å². The van der Waals surface area contributed by atoms with Crippen molar-refractivity contribution in [3.8, 4) is 0 Å². The van der Waals surface area contributed by atoms with Crippen LogP contribution < -0.4 is 0 Å². The van der Waals surface area contributed by atoms with E-state index in [1.54, 1.807) is 0 Å². The molecule has 0 aromatic heterocycles. The third-order valence-electron chi connectivity index (χ3n) is 3.46. The van der Waals surface area contributed by atoms with Crippen molar-refractivity contribution >= 4 is 0 Å². The van der Waals surface area contributed by atoms with Crippen molar-refractivity contribution in [3.05, 3.63) is 35.6 Å². The molecule has 1 aliphatic rings. The van der Waals surface area contributed by atoms with E-state index >= 15 is 0 Å². The monoisotopic (exact) mass is 404 g/mol. The summed E-state index contributed by atoms with van der Waals surface area (Å²) in [6, 6.07) is 7.23. The van der Waals surface area contributed by atoms with Gasteiger partial charge in [0.1, 0.15) is 5.82 Å². The number of β-amino-alcohol motifs (C(OH)–C–C–N with tert-alkyl or cyclic N) is 1. The summed E-state index contributed by atoms with van der Waals surface area (Å²) in [6.07, 6.45) is 0.894. The molecule has 4 heteroatoms. The molecule has 135 valence electrons. The molecular formula is C19H38FNOY. The minimum absolute atomic E-state index is 0. The summed E-state index contributed by atoms with van der Waals surface area (Å²) >= 11 is 0. The number of hydrogen-bond donors (Lipinski definition) is 1. The van der Waals surface area contributed by atoms with Gasteiger partial charge in [0.05, 0.1) is 6.10 Å². The fourth-order valence-electron chi connectivity index (χ4n) is 2.08. The first-order valence-corrected chi connectivity index (χ1v) is 7.07. The predicted molar refractivity (Wildman–Crippen MR) is 98.0 cm³/mol. The minimum atomic E-state index is -0.163. The van der Waals surface area contributed by atoms with Crippen LogP contribution in [0.4, 0.5) is 4.39 Å². The number of aliphatic hydroxyl groups excluding tert-OH is 1. The Labute approximate surface area is 169 Å². The molecule has 1 aliphatic heterocycles. The van der Waals surface area contributed by atoms with E-state index in [1.165, 1.54) is 17.7 Å². The smallest absolute Gasteiger partial charge is 0.123 e. The van der Waals surface area contributed by atoms with Crippen LogP contribution in [-0.4, -0.2) is 35.2 Å². The van der Waals surface area contributed by atoms with Crippen LogP contribution in [-0.2, 0) is 32.7 Å². The Morgan fingerprint density at radius 1 is 1.04 bits per heavy atom. The number of halogens is 1. The van der Waals surface area contributed by atoms with Crippen molar-refractivity contribution in [2.75, 3.05) is 13.1 Å². The van der Waals surface area contributed by atoms with E-state index in [-0.39, 0.29) is 66.9 Å². The maximum absolute atomic E-state index is 12.4. The molecule has 2 nitrogen and oxygen atoms in total. The Kier molecular flexibility index (Phi) is 21.1. The van der Waals surface area contributed by atoms with E-state index in [0.29, 0.717) is 12.0 Å². The van der Waals surface area contributed by atoms with Gasteiger partial charge in [0.2, 0.25) is 0 Å². The summed E-state index contributed by atoms with van der Waals surface area (Å²) < 4.78 is 12.4. The second-order valence-electron chi connectivity index (χ2n) is 5.74. The maximum atomic E-state index is 12.4. The van der Waals surface area contributed by atoms with Crippen LogP contribution in [0.2, 0.25) is 0 Å². The van der Waals surface area contributed by atoms with E-state index in [0.717, 1.165) is 19.5 Å². The molecule has 0 bridgehead atoms. The third kappa shape index (κ3) is 12.2. The van der Waals surface area contributed by atoms with Gasteiger partial charge < -0.3 is 5.11 Å². The molecule has 1 radical (unpaired) electrons. The fraction of sp³-hybridized carbons (Fsp3) is 0.684. The van der Waals surface area contributed by atoms with Crippen molar-refractivity contribution in [1.29, 1.82) is 0 Å². The van der Waals surface area contributed by atoms with Crippen LogP contribution in [0.3, 0.4) is 0 Å². The first kappa shape index (κ1) is 31.0. The summed E-state index contributed by atoms with van der Waals surface area (Å²) in [5.41, 5.74) is 1.18. The van der Waals surface area contributed by atoms with Crippen LogP contribution in [0.1, 0.15) is 67.9 Å². The molecule has 2 rings (SSSR count). The van der Waals surface area contributed by atoms with Gasteiger partial charge in [0.15, 0.2) is 0 Å². The van der Waals surface area contributed by atoms with Crippen molar-refractivity contribution in [2.45, 2.75) is 74.5 Å². The van der Waals surface area contributed by atoms with Gasteiger partial charge in [-0.25, -0.2) is 4.39 Å². The molecule has 0 spiro atoms. The minimum Gasteiger partial charge on any atom is -0.392 e. The maximum Gasteiger partial charge on any atom is 0.123 e. The summed E-state index contributed by atoms with van der Waals surface area (Å²) in [5.74, 6) is 0.324. The molecule has 0 aliphatic carbocycles.